The van der Waals surface area contributed by atoms with Crippen molar-refractivity contribution in [2.45, 2.75) is 19.8 Å². The molecule has 0 aliphatic carbocycles. The summed E-state index contributed by atoms with van der Waals surface area (Å²) in [5.74, 6) is 0.128. The van der Waals surface area contributed by atoms with Gasteiger partial charge in [0.05, 0.1) is 0 Å². The zero-order valence-electron chi connectivity index (χ0n) is 9.09. The number of benzene rings is 1. The summed E-state index contributed by atoms with van der Waals surface area (Å²) in [4.78, 5) is 10.5. The van der Waals surface area contributed by atoms with Crippen LogP contribution in [0.25, 0.3) is 0 Å². The predicted octanol–water partition coefficient (Wildman–Crippen LogP) is 2.98. The summed E-state index contributed by atoms with van der Waals surface area (Å²) in [5, 5.41) is 1.06. The van der Waals surface area contributed by atoms with E-state index in [1.165, 1.54) is 0 Å². The monoisotopic (exact) mass is 261 g/mol. The fraction of sp³-hybridized carbons (Fsp3) is 0.364. The molecule has 0 aromatic heterocycles. The third kappa shape index (κ3) is 3.29. The highest BCUT2D eigenvalue weighted by molar-refractivity contribution is 6.36. The first kappa shape index (κ1) is 13.1. The van der Waals surface area contributed by atoms with E-state index in [1.807, 2.05) is 13.8 Å². The topological polar surface area (TPSA) is 52.3 Å². The predicted molar refractivity (Wildman–Crippen MR) is 65.2 cm³/mol. The van der Waals surface area contributed by atoms with E-state index in [9.17, 15) is 4.79 Å². The van der Waals surface area contributed by atoms with Gasteiger partial charge in [-0.15, -0.1) is 0 Å². The lowest BCUT2D eigenvalue weighted by Crippen LogP contribution is -2.20. The first-order chi connectivity index (χ1) is 7.41. The van der Waals surface area contributed by atoms with Crippen molar-refractivity contribution in [3.63, 3.8) is 0 Å². The van der Waals surface area contributed by atoms with Gasteiger partial charge >= 0.3 is 0 Å². The molecule has 0 saturated carbocycles. The van der Waals surface area contributed by atoms with Gasteiger partial charge in [-0.25, -0.2) is 0 Å². The molecule has 1 amide bonds. The first-order valence-electron chi connectivity index (χ1n) is 4.82. The Morgan fingerprint density at radius 3 is 2.25 bits per heavy atom. The van der Waals surface area contributed by atoms with Crippen molar-refractivity contribution in [3.05, 3.63) is 27.7 Å². The van der Waals surface area contributed by atoms with E-state index < -0.39 is 5.91 Å². The minimum absolute atomic E-state index is 0.187. The van der Waals surface area contributed by atoms with Crippen molar-refractivity contribution in [1.82, 2.24) is 0 Å². The number of amides is 1. The number of hydrogen-bond acceptors (Lipinski definition) is 2. The molecular weight excluding hydrogens is 249 g/mol. The molecule has 0 unspecified atom stereocenters. The van der Waals surface area contributed by atoms with Crippen molar-refractivity contribution in [1.29, 1.82) is 0 Å². The van der Waals surface area contributed by atoms with E-state index in [-0.39, 0.29) is 12.5 Å². The Hall–Kier alpha value is -0.930. The number of carbonyl (C=O) groups excluding carboxylic acids is 1. The standard InChI is InChI=1S/C11H13Cl2NO2/c1-6(2)11-8(12)3-7(4-9(11)13)16-5-10(14)15/h3-4,6H,5H2,1-2H3,(H2,14,15). The van der Waals surface area contributed by atoms with Gasteiger partial charge in [0.1, 0.15) is 5.75 Å². The third-order valence-electron chi connectivity index (χ3n) is 2.01. The highest BCUT2D eigenvalue weighted by Gasteiger charge is 2.12. The second kappa shape index (κ2) is 5.41. The van der Waals surface area contributed by atoms with E-state index in [0.29, 0.717) is 15.8 Å². The Morgan fingerprint density at radius 2 is 1.88 bits per heavy atom. The van der Waals surface area contributed by atoms with Crippen LogP contribution in [0.2, 0.25) is 10.0 Å². The lowest BCUT2D eigenvalue weighted by Gasteiger charge is -2.13. The largest absolute Gasteiger partial charge is 0.484 e. The molecule has 0 radical (unpaired) electrons. The van der Waals surface area contributed by atoms with Crippen LogP contribution in [0.5, 0.6) is 5.75 Å². The molecular formula is C11H13Cl2NO2. The second-order valence-corrected chi connectivity index (χ2v) is 4.52. The van der Waals surface area contributed by atoms with Gasteiger partial charge in [-0.3, -0.25) is 4.79 Å². The number of nitrogens with two attached hydrogens (primary N) is 1. The Balaban J connectivity index is 2.96. The number of ether oxygens (including phenoxy) is 1. The number of primary amides is 1. The average Bonchev–Trinajstić information content (AvgIpc) is 2.12. The van der Waals surface area contributed by atoms with Gasteiger partial charge in [0.25, 0.3) is 5.91 Å². The molecule has 88 valence electrons. The number of carbonyl (C=O) groups is 1. The molecule has 0 atom stereocenters. The minimum Gasteiger partial charge on any atom is -0.484 e. The molecule has 0 bridgehead atoms. The van der Waals surface area contributed by atoms with Gasteiger partial charge in [0.15, 0.2) is 6.61 Å². The van der Waals surface area contributed by atoms with Crippen molar-refractivity contribution in [2.24, 2.45) is 5.73 Å². The van der Waals surface area contributed by atoms with Crippen LogP contribution in [0.1, 0.15) is 25.3 Å². The Bertz CT molecular complexity index is 382. The van der Waals surface area contributed by atoms with Crippen LogP contribution in [-0.4, -0.2) is 12.5 Å². The lowest BCUT2D eigenvalue weighted by atomic mass is 10.0. The molecule has 0 aliphatic heterocycles. The highest BCUT2D eigenvalue weighted by atomic mass is 35.5. The summed E-state index contributed by atoms with van der Waals surface area (Å²) in [6.07, 6.45) is 0. The molecule has 16 heavy (non-hydrogen) atoms. The van der Waals surface area contributed by atoms with Gasteiger partial charge in [-0.1, -0.05) is 37.0 Å². The fourth-order valence-electron chi connectivity index (χ4n) is 1.35. The van der Waals surface area contributed by atoms with Crippen LogP contribution in [-0.2, 0) is 4.79 Å². The minimum atomic E-state index is -0.541. The van der Waals surface area contributed by atoms with Crippen LogP contribution in [0, 0.1) is 0 Å². The molecule has 0 aliphatic rings. The molecule has 1 aromatic carbocycles. The normalized spacial score (nSPS) is 10.6. The Morgan fingerprint density at radius 1 is 1.38 bits per heavy atom. The van der Waals surface area contributed by atoms with Crippen LogP contribution in [0.3, 0.4) is 0 Å². The van der Waals surface area contributed by atoms with E-state index in [0.717, 1.165) is 5.56 Å². The maximum Gasteiger partial charge on any atom is 0.255 e. The zero-order chi connectivity index (χ0) is 12.3. The van der Waals surface area contributed by atoms with Crippen LogP contribution >= 0.6 is 23.2 Å². The molecule has 1 rings (SSSR count). The van der Waals surface area contributed by atoms with E-state index >= 15 is 0 Å². The SMILES string of the molecule is CC(C)c1c(Cl)cc(OCC(N)=O)cc1Cl. The van der Waals surface area contributed by atoms with E-state index in [2.05, 4.69) is 0 Å². The number of hydrogen-bond donors (Lipinski definition) is 1. The first-order valence-corrected chi connectivity index (χ1v) is 5.57. The van der Waals surface area contributed by atoms with Crippen molar-refractivity contribution in [3.8, 4) is 5.75 Å². The van der Waals surface area contributed by atoms with Gasteiger partial charge in [-0.2, -0.15) is 0 Å². The van der Waals surface area contributed by atoms with Gasteiger partial charge in [0, 0.05) is 10.0 Å². The molecule has 0 fully saturated rings. The van der Waals surface area contributed by atoms with E-state index in [4.69, 9.17) is 33.7 Å². The number of halogens is 2. The molecule has 0 saturated heterocycles. The van der Waals surface area contributed by atoms with Gasteiger partial charge < -0.3 is 10.5 Å². The molecule has 1 aromatic rings. The zero-order valence-corrected chi connectivity index (χ0v) is 10.6. The van der Waals surface area contributed by atoms with Crippen molar-refractivity contribution < 1.29 is 9.53 Å². The summed E-state index contributed by atoms with van der Waals surface area (Å²) >= 11 is 12.1. The fourth-order valence-corrected chi connectivity index (χ4v) is 2.25. The summed E-state index contributed by atoms with van der Waals surface area (Å²) in [6.45, 7) is 3.81. The quantitative estimate of drug-likeness (QED) is 0.906. The smallest absolute Gasteiger partial charge is 0.255 e. The molecule has 5 heteroatoms. The lowest BCUT2D eigenvalue weighted by molar-refractivity contribution is -0.119. The summed E-state index contributed by atoms with van der Waals surface area (Å²) in [5.41, 5.74) is 5.83. The van der Waals surface area contributed by atoms with Crippen LogP contribution in [0.15, 0.2) is 12.1 Å². The van der Waals surface area contributed by atoms with Crippen molar-refractivity contribution in [2.75, 3.05) is 6.61 Å². The molecule has 2 N–H and O–H groups in total. The maximum absolute atomic E-state index is 10.5. The van der Waals surface area contributed by atoms with Gasteiger partial charge in [-0.05, 0) is 23.6 Å². The average molecular weight is 262 g/mol. The summed E-state index contributed by atoms with van der Waals surface area (Å²) in [6, 6.07) is 3.26. The van der Waals surface area contributed by atoms with Crippen LogP contribution in [0.4, 0.5) is 0 Å². The maximum atomic E-state index is 10.5. The molecule has 0 heterocycles. The Kier molecular flexibility index (Phi) is 4.44. The second-order valence-electron chi connectivity index (χ2n) is 3.71. The Labute approximate surface area is 104 Å². The summed E-state index contributed by atoms with van der Waals surface area (Å²) in [7, 11) is 0. The van der Waals surface area contributed by atoms with Gasteiger partial charge in [0.2, 0.25) is 0 Å². The molecule has 3 nitrogen and oxygen atoms in total. The number of rotatable bonds is 4. The van der Waals surface area contributed by atoms with Crippen molar-refractivity contribution >= 4 is 29.1 Å². The van der Waals surface area contributed by atoms with Crippen LogP contribution < -0.4 is 10.5 Å². The van der Waals surface area contributed by atoms with E-state index in [1.54, 1.807) is 12.1 Å². The summed E-state index contributed by atoms with van der Waals surface area (Å²) < 4.78 is 5.12. The third-order valence-corrected chi connectivity index (χ3v) is 2.64. The highest BCUT2D eigenvalue weighted by Crippen LogP contribution is 2.35. The molecule has 0 spiro atoms.